The maximum Gasteiger partial charge on any atom is 0.308 e. The van der Waals surface area contributed by atoms with Crippen molar-refractivity contribution in [2.24, 2.45) is 0 Å². The van der Waals surface area contributed by atoms with E-state index in [4.69, 9.17) is 15.6 Å². The normalized spacial score (nSPS) is 10.3. The van der Waals surface area contributed by atoms with Gasteiger partial charge in [-0.2, -0.15) is 0 Å². The highest BCUT2D eigenvalue weighted by Gasteiger charge is 2.14. The van der Waals surface area contributed by atoms with E-state index in [1.165, 1.54) is 11.3 Å². The number of anilines is 1. The van der Waals surface area contributed by atoms with Crippen LogP contribution in [0.5, 0.6) is 5.75 Å². The third-order valence-electron chi connectivity index (χ3n) is 2.39. The van der Waals surface area contributed by atoms with Crippen LogP contribution in [-0.4, -0.2) is 23.2 Å². The van der Waals surface area contributed by atoms with Gasteiger partial charge < -0.3 is 15.6 Å². The van der Waals surface area contributed by atoms with Gasteiger partial charge in [-0.1, -0.05) is 0 Å². The zero-order chi connectivity index (χ0) is 13.1. The Morgan fingerprint density at radius 1 is 1.44 bits per heavy atom. The lowest BCUT2D eigenvalue weighted by atomic mass is 10.1. The van der Waals surface area contributed by atoms with Crippen LogP contribution >= 0.6 is 11.3 Å². The number of carboxylic acid groups (broad SMARTS) is 1. The van der Waals surface area contributed by atoms with E-state index >= 15 is 0 Å². The maximum absolute atomic E-state index is 10.8. The van der Waals surface area contributed by atoms with Gasteiger partial charge in [0, 0.05) is 10.4 Å². The Labute approximate surface area is 108 Å². The molecule has 0 atom stereocenters. The van der Waals surface area contributed by atoms with Crippen molar-refractivity contribution in [1.29, 1.82) is 0 Å². The quantitative estimate of drug-likeness (QED) is 0.882. The molecule has 18 heavy (non-hydrogen) atoms. The first-order valence-corrected chi connectivity index (χ1v) is 6.03. The number of thiazole rings is 1. The molecule has 6 heteroatoms. The van der Waals surface area contributed by atoms with Gasteiger partial charge >= 0.3 is 5.97 Å². The summed E-state index contributed by atoms with van der Waals surface area (Å²) in [5, 5.41) is 9.22. The molecule has 0 aliphatic carbocycles. The van der Waals surface area contributed by atoms with Crippen LogP contribution < -0.4 is 10.5 Å². The highest BCUT2D eigenvalue weighted by atomic mass is 32.1. The number of nitrogens with zero attached hydrogens (tertiary/aromatic N) is 1. The van der Waals surface area contributed by atoms with Crippen molar-refractivity contribution < 1.29 is 14.6 Å². The van der Waals surface area contributed by atoms with Crippen molar-refractivity contribution in [3.63, 3.8) is 0 Å². The lowest BCUT2D eigenvalue weighted by molar-refractivity contribution is -0.136. The second kappa shape index (κ2) is 5.05. The van der Waals surface area contributed by atoms with E-state index in [9.17, 15) is 4.79 Å². The highest BCUT2D eigenvalue weighted by Crippen LogP contribution is 2.31. The lowest BCUT2D eigenvalue weighted by Crippen LogP contribution is -1.99. The van der Waals surface area contributed by atoms with Gasteiger partial charge in [0.1, 0.15) is 5.75 Å². The molecule has 0 unspecified atom stereocenters. The molecule has 0 spiro atoms. The predicted octanol–water partition coefficient (Wildman–Crippen LogP) is 2.03. The summed E-state index contributed by atoms with van der Waals surface area (Å²) >= 11 is 1.20. The number of nitrogen functional groups attached to an aromatic ring is 1. The van der Waals surface area contributed by atoms with E-state index in [-0.39, 0.29) is 6.42 Å². The van der Waals surface area contributed by atoms with Crippen molar-refractivity contribution in [2.45, 2.75) is 6.42 Å². The molecular weight excluding hydrogens is 252 g/mol. The zero-order valence-electron chi connectivity index (χ0n) is 9.71. The summed E-state index contributed by atoms with van der Waals surface area (Å²) in [6.45, 7) is 0. The van der Waals surface area contributed by atoms with Crippen LogP contribution in [0, 0.1) is 0 Å². The number of aliphatic carboxylic acids is 1. The van der Waals surface area contributed by atoms with Gasteiger partial charge in [0.25, 0.3) is 0 Å². The predicted molar refractivity (Wildman–Crippen MR) is 69.9 cm³/mol. The van der Waals surface area contributed by atoms with Crippen LogP contribution in [0.25, 0.3) is 11.3 Å². The second-order valence-corrected chi connectivity index (χ2v) is 4.74. The number of carboxylic acids is 1. The minimum Gasteiger partial charge on any atom is -0.497 e. The van der Waals surface area contributed by atoms with E-state index in [0.29, 0.717) is 15.7 Å². The molecule has 0 saturated carbocycles. The molecule has 0 bridgehead atoms. The van der Waals surface area contributed by atoms with Crippen molar-refractivity contribution in [3.05, 3.63) is 29.1 Å². The monoisotopic (exact) mass is 264 g/mol. The molecule has 0 fully saturated rings. The molecule has 0 radical (unpaired) electrons. The molecule has 5 nitrogen and oxygen atoms in total. The summed E-state index contributed by atoms with van der Waals surface area (Å²) in [5.41, 5.74) is 7.10. The summed E-state index contributed by atoms with van der Waals surface area (Å²) in [6.07, 6.45) is -0.0732. The number of nitrogens with two attached hydrogens (primary N) is 1. The van der Waals surface area contributed by atoms with Gasteiger partial charge in [-0.25, -0.2) is 4.98 Å². The Morgan fingerprint density at radius 2 is 2.11 bits per heavy atom. The Balaban J connectivity index is 2.39. The number of aromatic nitrogens is 1. The number of carbonyl (C=O) groups is 1. The number of ether oxygens (including phenoxy) is 1. The number of benzene rings is 1. The van der Waals surface area contributed by atoms with Gasteiger partial charge in [-0.15, -0.1) is 11.3 Å². The first kappa shape index (κ1) is 12.4. The number of hydrogen-bond donors (Lipinski definition) is 2. The molecular formula is C12H12N2O3S. The molecule has 1 aromatic carbocycles. The fourth-order valence-corrected chi connectivity index (χ4v) is 2.45. The van der Waals surface area contributed by atoms with Crippen molar-refractivity contribution in [1.82, 2.24) is 4.98 Å². The molecule has 3 N–H and O–H groups in total. The smallest absolute Gasteiger partial charge is 0.308 e. The minimum atomic E-state index is -0.895. The van der Waals surface area contributed by atoms with Crippen LogP contribution in [0.1, 0.15) is 4.88 Å². The highest BCUT2D eigenvalue weighted by molar-refractivity contribution is 7.15. The Bertz CT molecular complexity index is 563. The number of rotatable bonds is 4. The Kier molecular flexibility index (Phi) is 3.47. The molecule has 0 aliphatic heterocycles. The molecule has 0 aliphatic rings. The van der Waals surface area contributed by atoms with Crippen molar-refractivity contribution >= 4 is 22.4 Å². The van der Waals surface area contributed by atoms with E-state index in [1.54, 1.807) is 19.2 Å². The molecule has 2 rings (SSSR count). The van der Waals surface area contributed by atoms with E-state index in [1.807, 2.05) is 12.1 Å². The van der Waals surface area contributed by atoms with Crippen LogP contribution in [0.3, 0.4) is 0 Å². The molecule has 94 valence electrons. The molecule has 0 saturated heterocycles. The zero-order valence-corrected chi connectivity index (χ0v) is 10.5. The molecule has 1 heterocycles. The summed E-state index contributed by atoms with van der Waals surface area (Å²) in [4.78, 5) is 15.6. The van der Waals surface area contributed by atoms with Gasteiger partial charge in [-0.3, -0.25) is 4.79 Å². The van der Waals surface area contributed by atoms with Crippen LogP contribution in [-0.2, 0) is 11.2 Å². The SMILES string of the molecule is COc1ccc(-c2nc(N)sc2CC(=O)O)cc1. The van der Waals surface area contributed by atoms with Crippen LogP contribution in [0.2, 0.25) is 0 Å². The summed E-state index contributed by atoms with van der Waals surface area (Å²) in [5.74, 6) is -0.157. The summed E-state index contributed by atoms with van der Waals surface area (Å²) in [6, 6.07) is 7.27. The van der Waals surface area contributed by atoms with Gasteiger partial charge in [0.05, 0.1) is 19.2 Å². The topological polar surface area (TPSA) is 85.4 Å². The number of hydrogen-bond acceptors (Lipinski definition) is 5. The molecule has 1 aromatic heterocycles. The standard InChI is InChI=1S/C12H12N2O3S/c1-17-8-4-2-7(3-5-8)11-9(6-10(15)16)18-12(13)14-11/h2-5H,6H2,1H3,(H2,13,14)(H,15,16). The van der Waals surface area contributed by atoms with Crippen LogP contribution in [0.15, 0.2) is 24.3 Å². The fourth-order valence-electron chi connectivity index (χ4n) is 1.60. The number of methoxy groups -OCH3 is 1. The fraction of sp³-hybridized carbons (Fsp3) is 0.167. The third-order valence-corrected chi connectivity index (χ3v) is 3.27. The largest absolute Gasteiger partial charge is 0.497 e. The average molecular weight is 264 g/mol. The van der Waals surface area contributed by atoms with Crippen LogP contribution in [0.4, 0.5) is 5.13 Å². The Morgan fingerprint density at radius 3 is 2.67 bits per heavy atom. The van der Waals surface area contributed by atoms with Gasteiger partial charge in [-0.05, 0) is 24.3 Å². The van der Waals surface area contributed by atoms with Gasteiger partial charge in [0.2, 0.25) is 0 Å². The van der Waals surface area contributed by atoms with Gasteiger partial charge in [0.15, 0.2) is 5.13 Å². The lowest BCUT2D eigenvalue weighted by Gasteiger charge is -2.02. The van der Waals surface area contributed by atoms with Crippen molar-refractivity contribution in [2.75, 3.05) is 12.8 Å². The Hall–Kier alpha value is -2.08. The summed E-state index contributed by atoms with van der Waals surface area (Å²) in [7, 11) is 1.59. The third kappa shape index (κ3) is 2.60. The average Bonchev–Trinajstić information content (AvgIpc) is 2.69. The molecule has 2 aromatic rings. The van der Waals surface area contributed by atoms with Crippen molar-refractivity contribution in [3.8, 4) is 17.0 Å². The first-order valence-electron chi connectivity index (χ1n) is 5.21. The van der Waals surface area contributed by atoms with E-state index in [2.05, 4.69) is 4.98 Å². The molecule has 0 amide bonds. The van der Waals surface area contributed by atoms with E-state index in [0.717, 1.165) is 11.3 Å². The van der Waals surface area contributed by atoms with E-state index < -0.39 is 5.97 Å². The summed E-state index contributed by atoms with van der Waals surface area (Å²) < 4.78 is 5.07. The maximum atomic E-state index is 10.8. The first-order chi connectivity index (χ1) is 8.60. The second-order valence-electron chi connectivity index (χ2n) is 3.62. The minimum absolute atomic E-state index is 0.0732.